The Morgan fingerprint density at radius 1 is 1.57 bits per heavy atom. The first kappa shape index (κ1) is 10.5. The van der Waals surface area contributed by atoms with Gasteiger partial charge in [-0.25, -0.2) is 9.78 Å². The van der Waals surface area contributed by atoms with Crippen molar-refractivity contribution in [1.82, 2.24) is 4.98 Å². The molecule has 0 amide bonds. The van der Waals surface area contributed by atoms with E-state index in [1.54, 1.807) is 19.2 Å². The second-order valence-corrected chi connectivity index (χ2v) is 2.73. The molecule has 0 aliphatic heterocycles. The molecule has 1 aromatic rings. The number of pyridine rings is 1. The zero-order chi connectivity index (χ0) is 10.6. The number of esters is 1. The summed E-state index contributed by atoms with van der Waals surface area (Å²) in [6, 6.07) is 1.74. The van der Waals surface area contributed by atoms with Crippen LogP contribution < -0.4 is 4.74 Å². The van der Waals surface area contributed by atoms with Crippen LogP contribution in [0.15, 0.2) is 12.3 Å². The second kappa shape index (κ2) is 4.60. The van der Waals surface area contributed by atoms with Crippen molar-refractivity contribution in [2.24, 2.45) is 0 Å². The first-order valence-corrected chi connectivity index (χ1v) is 4.37. The number of aromatic nitrogens is 1. The van der Waals surface area contributed by atoms with Crippen LogP contribution >= 0.6 is 0 Å². The van der Waals surface area contributed by atoms with Crippen molar-refractivity contribution in [2.75, 3.05) is 13.7 Å². The normalized spacial score (nSPS) is 9.64. The van der Waals surface area contributed by atoms with E-state index in [0.29, 0.717) is 18.1 Å². The molecular formula is C10H13NO3. The molecule has 0 aromatic carbocycles. The highest BCUT2D eigenvalue weighted by Gasteiger charge is 2.16. The largest absolute Gasteiger partial charge is 0.480 e. The maximum atomic E-state index is 11.5. The smallest absolute Gasteiger partial charge is 0.343 e. The molecule has 0 bridgehead atoms. The minimum atomic E-state index is -0.394. The van der Waals surface area contributed by atoms with Gasteiger partial charge in [0.05, 0.1) is 13.7 Å². The third-order valence-corrected chi connectivity index (χ3v) is 1.80. The summed E-state index contributed by atoms with van der Waals surface area (Å²) in [4.78, 5) is 15.4. The van der Waals surface area contributed by atoms with E-state index < -0.39 is 5.97 Å². The number of ether oxygens (including phenoxy) is 2. The molecule has 1 aromatic heterocycles. The van der Waals surface area contributed by atoms with E-state index in [1.807, 2.05) is 6.92 Å². The fourth-order valence-corrected chi connectivity index (χ4v) is 1.14. The monoisotopic (exact) mass is 195 g/mol. The molecular weight excluding hydrogens is 182 g/mol. The quantitative estimate of drug-likeness (QED) is 0.687. The maximum absolute atomic E-state index is 11.5. The molecule has 0 aliphatic carbocycles. The predicted octanol–water partition coefficient (Wildman–Crippen LogP) is 1.58. The second-order valence-electron chi connectivity index (χ2n) is 2.73. The minimum absolute atomic E-state index is 0.309. The highest BCUT2D eigenvalue weighted by molar-refractivity contribution is 5.93. The van der Waals surface area contributed by atoms with Gasteiger partial charge in [0.15, 0.2) is 0 Å². The maximum Gasteiger partial charge on any atom is 0.343 e. The summed E-state index contributed by atoms with van der Waals surface area (Å²) in [5.74, 6) is -0.0848. The SMILES string of the molecule is CCOC(=O)c1c(C)ccnc1OC. The number of hydrogen-bond donors (Lipinski definition) is 0. The Bertz CT molecular complexity index is 336. The van der Waals surface area contributed by atoms with Crippen LogP contribution in [0.5, 0.6) is 5.88 Å². The van der Waals surface area contributed by atoms with Crippen molar-refractivity contribution in [2.45, 2.75) is 13.8 Å². The molecule has 4 nitrogen and oxygen atoms in total. The Morgan fingerprint density at radius 3 is 2.86 bits per heavy atom. The lowest BCUT2D eigenvalue weighted by Crippen LogP contribution is -2.09. The van der Waals surface area contributed by atoms with E-state index in [0.717, 1.165) is 5.56 Å². The summed E-state index contributed by atoms with van der Waals surface area (Å²) >= 11 is 0. The number of hydrogen-bond acceptors (Lipinski definition) is 4. The molecule has 0 saturated heterocycles. The van der Waals surface area contributed by atoms with Crippen molar-refractivity contribution in [1.29, 1.82) is 0 Å². The van der Waals surface area contributed by atoms with Crippen LogP contribution in [0.25, 0.3) is 0 Å². The van der Waals surface area contributed by atoms with Gasteiger partial charge in [-0.05, 0) is 25.5 Å². The molecule has 4 heteroatoms. The van der Waals surface area contributed by atoms with Crippen molar-refractivity contribution >= 4 is 5.97 Å². The molecule has 1 heterocycles. The van der Waals surface area contributed by atoms with Crippen LogP contribution in [-0.4, -0.2) is 24.7 Å². The van der Waals surface area contributed by atoms with Gasteiger partial charge in [-0.1, -0.05) is 0 Å². The van der Waals surface area contributed by atoms with E-state index >= 15 is 0 Å². The van der Waals surface area contributed by atoms with Gasteiger partial charge in [-0.3, -0.25) is 0 Å². The highest BCUT2D eigenvalue weighted by atomic mass is 16.5. The van der Waals surface area contributed by atoms with E-state index in [1.165, 1.54) is 7.11 Å². The lowest BCUT2D eigenvalue weighted by atomic mass is 10.1. The zero-order valence-corrected chi connectivity index (χ0v) is 8.53. The van der Waals surface area contributed by atoms with Crippen LogP contribution in [-0.2, 0) is 4.74 Å². The predicted molar refractivity (Wildman–Crippen MR) is 51.5 cm³/mol. The summed E-state index contributed by atoms with van der Waals surface area (Å²) in [6.45, 7) is 3.92. The lowest BCUT2D eigenvalue weighted by Gasteiger charge is -2.08. The van der Waals surface area contributed by atoms with Crippen LogP contribution in [0.1, 0.15) is 22.8 Å². The van der Waals surface area contributed by atoms with Crippen molar-refractivity contribution in [3.8, 4) is 5.88 Å². The summed E-state index contributed by atoms with van der Waals surface area (Å²) in [6.07, 6.45) is 1.59. The molecule has 0 saturated carbocycles. The number of nitrogens with zero attached hydrogens (tertiary/aromatic N) is 1. The van der Waals surface area contributed by atoms with E-state index in [9.17, 15) is 4.79 Å². The third kappa shape index (κ3) is 2.02. The van der Waals surface area contributed by atoms with Crippen LogP contribution in [0.2, 0.25) is 0 Å². The summed E-state index contributed by atoms with van der Waals surface area (Å²) in [5.41, 5.74) is 1.20. The average Bonchev–Trinajstić information content (AvgIpc) is 2.17. The van der Waals surface area contributed by atoms with E-state index in [2.05, 4.69) is 4.98 Å². The lowest BCUT2D eigenvalue weighted by molar-refractivity contribution is 0.0521. The van der Waals surface area contributed by atoms with Gasteiger partial charge in [-0.2, -0.15) is 0 Å². The van der Waals surface area contributed by atoms with Gasteiger partial charge in [0, 0.05) is 6.20 Å². The van der Waals surface area contributed by atoms with Gasteiger partial charge in [0.25, 0.3) is 0 Å². The molecule has 0 spiro atoms. The molecule has 0 radical (unpaired) electrons. The Kier molecular flexibility index (Phi) is 3.45. The number of methoxy groups -OCH3 is 1. The van der Waals surface area contributed by atoms with Gasteiger partial charge in [0.2, 0.25) is 5.88 Å². The van der Waals surface area contributed by atoms with Crippen molar-refractivity contribution < 1.29 is 14.3 Å². The first-order chi connectivity index (χ1) is 6.70. The number of rotatable bonds is 3. The minimum Gasteiger partial charge on any atom is -0.480 e. The number of carbonyl (C=O) groups is 1. The topological polar surface area (TPSA) is 48.4 Å². The van der Waals surface area contributed by atoms with Gasteiger partial charge in [0.1, 0.15) is 5.56 Å². The van der Waals surface area contributed by atoms with E-state index in [4.69, 9.17) is 9.47 Å². The first-order valence-electron chi connectivity index (χ1n) is 4.37. The van der Waals surface area contributed by atoms with E-state index in [-0.39, 0.29) is 0 Å². The highest BCUT2D eigenvalue weighted by Crippen LogP contribution is 2.19. The van der Waals surface area contributed by atoms with Gasteiger partial charge >= 0.3 is 5.97 Å². The fraction of sp³-hybridized carbons (Fsp3) is 0.400. The Balaban J connectivity index is 3.10. The third-order valence-electron chi connectivity index (χ3n) is 1.80. The Hall–Kier alpha value is -1.58. The average molecular weight is 195 g/mol. The summed E-state index contributed by atoms with van der Waals surface area (Å²) in [7, 11) is 1.48. The fourth-order valence-electron chi connectivity index (χ4n) is 1.14. The molecule has 0 atom stereocenters. The summed E-state index contributed by atoms with van der Waals surface area (Å²) in [5, 5.41) is 0. The molecule has 76 valence electrons. The number of carbonyl (C=O) groups excluding carboxylic acids is 1. The molecule has 14 heavy (non-hydrogen) atoms. The van der Waals surface area contributed by atoms with Crippen molar-refractivity contribution in [3.05, 3.63) is 23.4 Å². The molecule has 1 rings (SSSR count). The van der Waals surface area contributed by atoms with Crippen LogP contribution in [0, 0.1) is 6.92 Å². The zero-order valence-electron chi connectivity index (χ0n) is 8.53. The molecule has 0 aliphatic rings. The van der Waals surface area contributed by atoms with Crippen LogP contribution in [0.4, 0.5) is 0 Å². The standard InChI is InChI=1S/C10H13NO3/c1-4-14-10(12)8-7(2)5-6-11-9(8)13-3/h5-6H,4H2,1-3H3. The molecule has 0 N–H and O–H groups in total. The van der Waals surface area contributed by atoms with Gasteiger partial charge < -0.3 is 9.47 Å². The molecule has 0 fully saturated rings. The Labute approximate surface area is 82.9 Å². The summed E-state index contributed by atoms with van der Waals surface area (Å²) < 4.78 is 9.87. The number of aryl methyl sites for hydroxylation is 1. The Morgan fingerprint density at radius 2 is 2.29 bits per heavy atom. The van der Waals surface area contributed by atoms with Crippen LogP contribution in [0.3, 0.4) is 0 Å². The van der Waals surface area contributed by atoms with Crippen molar-refractivity contribution in [3.63, 3.8) is 0 Å². The molecule has 0 unspecified atom stereocenters. The van der Waals surface area contributed by atoms with Gasteiger partial charge in [-0.15, -0.1) is 0 Å².